The topological polar surface area (TPSA) is 81.9 Å². The number of carbonyl (C=O) groups is 1. The summed E-state index contributed by atoms with van der Waals surface area (Å²) in [6.45, 7) is 2.76. The Kier molecular flexibility index (Phi) is 6.37. The van der Waals surface area contributed by atoms with Crippen LogP contribution in [0.5, 0.6) is 5.75 Å². The van der Waals surface area contributed by atoms with E-state index < -0.39 is 0 Å². The number of hydrogen-bond acceptors (Lipinski definition) is 5. The van der Waals surface area contributed by atoms with E-state index in [-0.39, 0.29) is 11.9 Å². The number of carbonyl (C=O) groups excluding carboxylic acids is 1. The van der Waals surface area contributed by atoms with Crippen LogP contribution in [0.15, 0.2) is 55.2 Å². The highest BCUT2D eigenvalue weighted by Gasteiger charge is 2.24. The number of ether oxygens (including phenoxy) is 1. The lowest BCUT2D eigenvalue weighted by molar-refractivity contribution is 0.0921. The molecule has 4 rings (SSSR count). The molecule has 0 aliphatic heterocycles. The van der Waals surface area contributed by atoms with Crippen LogP contribution in [-0.4, -0.2) is 38.3 Å². The van der Waals surface area contributed by atoms with Gasteiger partial charge in [0, 0.05) is 29.6 Å². The van der Waals surface area contributed by atoms with Crippen molar-refractivity contribution in [2.75, 3.05) is 6.61 Å². The van der Waals surface area contributed by atoms with Crippen LogP contribution in [-0.2, 0) is 0 Å². The number of rotatable bonds is 7. The van der Waals surface area contributed by atoms with Crippen molar-refractivity contribution in [1.82, 2.24) is 25.1 Å². The maximum Gasteiger partial charge on any atom is 0.251 e. The van der Waals surface area contributed by atoms with Gasteiger partial charge < -0.3 is 10.1 Å². The lowest BCUT2D eigenvalue weighted by Gasteiger charge is -2.29. The van der Waals surface area contributed by atoms with Gasteiger partial charge in [0.25, 0.3) is 5.91 Å². The molecule has 0 radical (unpaired) electrons. The molecule has 0 bridgehead atoms. The molecule has 7 heteroatoms. The number of nitrogens with zero attached hydrogens (tertiary/aromatic N) is 4. The molecule has 1 aliphatic carbocycles. The van der Waals surface area contributed by atoms with Crippen molar-refractivity contribution in [1.29, 1.82) is 0 Å². The third-order valence-corrected chi connectivity index (χ3v) is 5.47. The average Bonchev–Trinajstić information content (AvgIpc) is 3.29. The van der Waals surface area contributed by atoms with E-state index in [0.29, 0.717) is 18.2 Å². The van der Waals surface area contributed by atoms with Crippen LogP contribution in [0.4, 0.5) is 0 Å². The van der Waals surface area contributed by atoms with Crippen LogP contribution >= 0.6 is 0 Å². The first-order chi connectivity index (χ1) is 14.7. The van der Waals surface area contributed by atoms with Gasteiger partial charge in [-0.05, 0) is 62.4 Å². The van der Waals surface area contributed by atoms with Crippen LogP contribution in [0, 0.1) is 0 Å². The summed E-state index contributed by atoms with van der Waals surface area (Å²) in [7, 11) is 0. The number of nitrogens with one attached hydrogen (secondary N) is 1. The van der Waals surface area contributed by atoms with Gasteiger partial charge in [0.15, 0.2) is 0 Å². The highest BCUT2D eigenvalue weighted by molar-refractivity contribution is 5.94. The lowest BCUT2D eigenvalue weighted by atomic mass is 9.91. The molecule has 1 aliphatic rings. The molecule has 1 fully saturated rings. The normalized spacial score (nSPS) is 18.7. The van der Waals surface area contributed by atoms with Crippen molar-refractivity contribution in [3.63, 3.8) is 0 Å². The summed E-state index contributed by atoms with van der Waals surface area (Å²) >= 11 is 0. The minimum absolute atomic E-state index is 0.0226. The van der Waals surface area contributed by atoms with Crippen LogP contribution in [0.3, 0.4) is 0 Å². The number of aromatic nitrogens is 4. The second kappa shape index (κ2) is 9.52. The quantitative estimate of drug-likeness (QED) is 0.641. The fraction of sp³-hybridized carbons (Fsp3) is 0.391. The molecule has 30 heavy (non-hydrogen) atoms. The standard InChI is InChI=1S/C23H27N5O2/c1-2-13-30-21-9-3-17(4-10-21)23(29)27-19-5-7-20(8-6-19)28-15-18(14-26-28)22-11-12-24-16-25-22/h3-4,9-12,14-16,19-20H,2,5-8,13H2,1H3,(H,27,29). The maximum absolute atomic E-state index is 12.6. The first-order valence-electron chi connectivity index (χ1n) is 10.6. The first-order valence-corrected chi connectivity index (χ1v) is 10.6. The minimum Gasteiger partial charge on any atom is -0.494 e. The number of hydrogen-bond donors (Lipinski definition) is 1. The van der Waals surface area contributed by atoms with E-state index in [1.807, 2.05) is 47.4 Å². The summed E-state index contributed by atoms with van der Waals surface area (Å²) in [6, 6.07) is 9.79. The van der Waals surface area contributed by atoms with Crippen LogP contribution in [0.25, 0.3) is 11.3 Å². The molecule has 3 aromatic rings. The molecule has 1 N–H and O–H groups in total. The summed E-state index contributed by atoms with van der Waals surface area (Å²) in [5.41, 5.74) is 2.55. The van der Waals surface area contributed by atoms with Crippen molar-refractivity contribution in [3.8, 4) is 17.0 Å². The Hall–Kier alpha value is -3.22. The lowest BCUT2D eigenvalue weighted by Crippen LogP contribution is -2.38. The van der Waals surface area contributed by atoms with Crippen LogP contribution < -0.4 is 10.1 Å². The monoisotopic (exact) mass is 405 g/mol. The van der Waals surface area contributed by atoms with Crippen LogP contribution in [0.2, 0.25) is 0 Å². The Morgan fingerprint density at radius 3 is 2.67 bits per heavy atom. The van der Waals surface area contributed by atoms with Crippen LogP contribution in [0.1, 0.15) is 55.4 Å². The zero-order chi connectivity index (χ0) is 20.8. The Morgan fingerprint density at radius 1 is 1.17 bits per heavy atom. The predicted octanol–water partition coefficient (Wildman–Crippen LogP) is 4.04. The van der Waals surface area contributed by atoms with E-state index in [0.717, 1.165) is 49.1 Å². The van der Waals surface area contributed by atoms with E-state index >= 15 is 0 Å². The van der Waals surface area contributed by atoms with Gasteiger partial charge in [0.1, 0.15) is 12.1 Å². The highest BCUT2D eigenvalue weighted by Crippen LogP contribution is 2.29. The third-order valence-electron chi connectivity index (χ3n) is 5.47. The van der Waals surface area contributed by atoms with Gasteiger partial charge in [0.05, 0.1) is 24.5 Å². The minimum atomic E-state index is -0.0226. The molecule has 2 heterocycles. The highest BCUT2D eigenvalue weighted by atomic mass is 16.5. The fourth-order valence-electron chi connectivity index (χ4n) is 3.81. The molecule has 1 amide bonds. The SMILES string of the molecule is CCCOc1ccc(C(=O)NC2CCC(n3cc(-c4ccncn4)cn3)CC2)cc1. The molecular formula is C23H27N5O2. The molecular weight excluding hydrogens is 378 g/mol. The predicted molar refractivity (Wildman–Crippen MR) is 114 cm³/mol. The molecule has 0 saturated heterocycles. The van der Waals surface area contributed by atoms with Gasteiger partial charge >= 0.3 is 0 Å². The van der Waals surface area contributed by atoms with Crippen molar-refractivity contribution in [2.45, 2.75) is 51.1 Å². The summed E-state index contributed by atoms with van der Waals surface area (Å²) in [5, 5.41) is 7.71. The van der Waals surface area contributed by atoms with Gasteiger partial charge in [-0.1, -0.05) is 6.92 Å². The largest absolute Gasteiger partial charge is 0.494 e. The Bertz CT molecular complexity index is 947. The molecule has 0 atom stereocenters. The van der Waals surface area contributed by atoms with Crippen molar-refractivity contribution < 1.29 is 9.53 Å². The van der Waals surface area contributed by atoms with E-state index in [9.17, 15) is 4.79 Å². The number of benzene rings is 1. The zero-order valence-corrected chi connectivity index (χ0v) is 17.2. The smallest absolute Gasteiger partial charge is 0.251 e. The van der Waals surface area contributed by atoms with Gasteiger partial charge in [-0.25, -0.2) is 9.97 Å². The molecule has 1 saturated carbocycles. The fourth-order valence-corrected chi connectivity index (χ4v) is 3.81. The van der Waals surface area contributed by atoms with Crippen molar-refractivity contribution in [3.05, 3.63) is 60.8 Å². The summed E-state index contributed by atoms with van der Waals surface area (Å²) < 4.78 is 7.61. The average molecular weight is 406 g/mol. The summed E-state index contributed by atoms with van der Waals surface area (Å²) in [5.74, 6) is 0.778. The zero-order valence-electron chi connectivity index (χ0n) is 17.2. The van der Waals surface area contributed by atoms with E-state index in [4.69, 9.17) is 4.74 Å². The van der Waals surface area contributed by atoms with Crippen molar-refractivity contribution in [2.24, 2.45) is 0 Å². The van der Waals surface area contributed by atoms with E-state index in [1.54, 1.807) is 12.5 Å². The van der Waals surface area contributed by atoms with E-state index in [1.165, 1.54) is 0 Å². The molecule has 7 nitrogen and oxygen atoms in total. The molecule has 0 unspecified atom stereocenters. The van der Waals surface area contributed by atoms with Gasteiger partial charge in [-0.2, -0.15) is 5.10 Å². The van der Waals surface area contributed by atoms with Gasteiger partial charge in [-0.15, -0.1) is 0 Å². The molecule has 2 aromatic heterocycles. The molecule has 0 spiro atoms. The second-order valence-electron chi connectivity index (χ2n) is 7.66. The van der Waals surface area contributed by atoms with Gasteiger partial charge in [0.2, 0.25) is 0 Å². The number of amides is 1. The summed E-state index contributed by atoms with van der Waals surface area (Å²) in [4.78, 5) is 20.8. The van der Waals surface area contributed by atoms with Crippen molar-refractivity contribution >= 4 is 5.91 Å². The Balaban J connectivity index is 1.28. The summed E-state index contributed by atoms with van der Waals surface area (Å²) in [6.07, 6.45) is 12.0. The second-order valence-corrected chi connectivity index (χ2v) is 7.66. The third kappa shape index (κ3) is 4.84. The molecule has 1 aromatic carbocycles. The Morgan fingerprint density at radius 2 is 1.97 bits per heavy atom. The van der Waals surface area contributed by atoms with Gasteiger partial charge in [-0.3, -0.25) is 9.48 Å². The maximum atomic E-state index is 12.6. The van der Waals surface area contributed by atoms with E-state index in [2.05, 4.69) is 27.3 Å². The first kappa shape index (κ1) is 20.1. The molecule has 156 valence electrons. The Labute approximate surface area is 176 Å².